The molecule has 0 bridgehead atoms. The van der Waals surface area contributed by atoms with Crippen molar-refractivity contribution in [1.82, 2.24) is 9.97 Å². The lowest BCUT2D eigenvalue weighted by molar-refractivity contribution is -0.0824. The third-order valence-corrected chi connectivity index (χ3v) is 10.4. The van der Waals surface area contributed by atoms with E-state index in [2.05, 4.69) is 9.97 Å². The van der Waals surface area contributed by atoms with Gasteiger partial charge in [0.05, 0.1) is 17.0 Å². The maximum Gasteiger partial charge on any atom is 0.280 e. The second kappa shape index (κ2) is 16.4. The van der Waals surface area contributed by atoms with E-state index in [0.717, 1.165) is 49.5 Å². The van der Waals surface area contributed by atoms with Crippen molar-refractivity contribution >= 4 is 0 Å². The number of rotatable bonds is 21. The van der Waals surface area contributed by atoms with Crippen molar-refractivity contribution in [1.29, 1.82) is 0 Å². The van der Waals surface area contributed by atoms with Gasteiger partial charge in [0, 0.05) is 12.1 Å². The fourth-order valence-corrected chi connectivity index (χ4v) is 7.17. The van der Waals surface area contributed by atoms with Gasteiger partial charge in [-0.2, -0.15) is 4.39 Å². The van der Waals surface area contributed by atoms with Gasteiger partial charge >= 0.3 is 0 Å². The second-order valence-electron chi connectivity index (χ2n) is 14.2. The maximum absolute atomic E-state index is 15.5. The van der Waals surface area contributed by atoms with Crippen molar-refractivity contribution in [2.45, 2.75) is 160 Å². The molecule has 0 N–H and O–H groups in total. The van der Waals surface area contributed by atoms with Crippen LogP contribution in [0, 0.1) is 23.7 Å². The van der Waals surface area contributed by atoms with E-state index in [1.165, 1.54) is 103 Å². The van der Waals surface area contributed by atoms with Crippen molar-refractivity contribution in [2.24, 2.45) is 17.8 Å². The number of nitrogens with zero attached hydrogens (tertiary/aromatic N) is 2. The highest BCUT2D eigenvalue weighted by Crippen LogP contribution is 2.48. The first kappa shape index (κ1) is 32.5. The SMILES string of the molecule is Fc1nc(-c2ccc(CCCCCCCCCC3CC3)cn2)cc2c1C(F)(F)C(CCCCCCCCCC1CC1)CC2. The van der Waals surface area contributed by atoms with Crippen LogP contribution in [0.3, 0.4) is 0 Å². The quantitative estimate of drug-likeness (QED) is 0.106. The van der Waals surface area contributed by atoms with Gasteiger partial charge < -0.3 is 0 Å². The number of unbranched alkanes of at least 4 members (excludes halogenated alkanes) is 12. The monoisotopic (exact) mass is 596 g/mol. The Kier molecular flexibility index (Phi) is 12.4. The summed E-state index contributed by atoms with van der Waals surface area (Å²) in [6, 6.07) is 5.54. The predicted octanol–water partition coefficient (Wildman–Crippen LogP) is 11.9. The van der Waals surface area contributed by atoms with Gasteiger partial charge in [-0.15, -0.1) is 0 Å². The number of pyridine rings is 2. The molecule has 0 spiro atoms. The second-order valence-corrected chi connectivity index (χ2v) is 14.2. The van der Waals surface area contributed by atoms with Crippen LogP contribution in [-0.2, 0) is 18.8 Å². The summed E-state index contributed by atoms with van der Waals surface area (Å²) in [5.74, 6) is -2.91. The molecule has 2 heterocycles. The largest absolute Gasteiger partial charge is 0.280 e. The highest BCUT2D eigenvalue weighted by atomic mass is 19.3. The minimum atomic E-state index is -3.17. The summed E-state index contributed by atoms with van der Waals surface area (Å²) in [6.45, 7) is 0. The van der Waals surface area contributed by atoms with Crippen LogP contribution in [0.25, 0.3) is 11.4 Å². The van der Waals surface area contributed by atoms with Gasteiger partial charge in [0.25, 0.3) is 5.92 Å². The molecule has 0 amide bonds. The molecule has 0 radical (unpaired) electrons. The summed E-state index contributed by atoms with van der Waals surface area (Å²) in [7, 11) is 0. The Hall–Kier alpha value is -1.91. The Labute approximate surface area is 259 Å². The summed E-state index contributed by atoms with van der Waals surface area (Å²) in [6.07, 6.45) is 30.0. The lowest BCUT2D eigenvalue weighted by Gasteiger charge is -2.33. The predicted molar refractivity (Wildman–Crippen MR) is 171 cm³/mol. The molecule has 2 nitrogen and oxygen atoms in total. The van der Waals surface area contributed by atoms with Crippen molar-refractivity contribution in [3.05, 3.63) is 47.0 Å². The van der Waals surface area contributed by atoms with Crippen molar-refractivity contribution < 1.29 is 13.2 Å². The molecule has 0 aliphatic heterocycles. The maximum atomic E-state index is 15.5. The summed E-state index contributed by atoms with van der Waals surface area (Å²) >= 11 is 0. The van der Waals surface area contributed by atoms with E-state index >= 15 is 13.2 Å². The third kappa shape index (κ3) is 10.3. The Morgan fingerprint density at radius 2 is 1.21 bits per heavy atom. The summed E-state index contributed by atoms with van der Waals surface area (Å²) in [5.41, 5.74) is 2.00. The molecule has 0 saturated heterocycles. The molecule has 1 atom stereocenters. The molecule has 238 valence electrons. The first-order valence-corrected chi connectivity index (χ1v) is 18.0. The van der Waals surface area contributed by atoms with Gasteiger partial charge in [-0.1, -0.05) is 128 Å². The topological polar surface area (TPSA) is 25.8 Å². The third-order valence-electron chi connectivity index (χ3n) is 10.4. The molecular weight excluding hydrogens is 541 g/mol. The van der Waals surface area contributed by atoms with Crippen molar-refractivity contribution in [3.8, 4) is 11.4 Å². The minimum Gasteiger partial charge on any atom is -0.254 e. The van der Waals surface area contributed by atoms with E-state index in [1.54, 1.807) is 6.07 Å². The fraction of sp³-hybridized carbons (Fsp3) is 0.737. The number of halogens is 3. The summed E-state index contributed by atoms with van der Waals surface area (Å²) < 4.78 is 46.1. The lowest BCUT2D eigenvalue weighted by atomic mass is 9.78. The number of alkyl halides is 2. The molecule has 43 heavy (non-hydrogen) atoms. The van der Waals surface area contributed by atoms with E-state index in [0.29, 0.717) is 36.2 Å². The Morgan fingerprint density at radius 1 is 0.651 bits per heavy atom. The molecule has 2 fully saturated rings. The number of hydrogen-bond acceptors (Lipinski definition) is 2. The van der Waals surface area contributed by atoms with E-state index in [-0.39, 0.29) is 0 Å². The van der Waals surface area contributed by atoms with Crippen LogP contribution in [0.4, 0.5) is 13.2 Å². The first-order chi connectivity index (χ1) is 21.0. The molecule has 5 heteroatoms. The van der Waals surface area contributed by atoms with Crippen LogP contribution in [0.2, 0.25) is 0 Å². The lowest BCUT2D eigenvalue weighted by Crippen LogP contribution is -2.33. The number of hydrogen-bond donors (Lipinski definition) is 0. The van der Waals surface area contributed by atoms with Crippen LogP contribution in [0.5, 0.6) is 0 Å². The molecule has 5 rings (SSSR count). The highest BCUT2D eigenvalue weighted by Gasteiger charge is 2.47. The zero-order chi connectivity index (χ0) is 29.9. The van der Waals surface area contributed by atoms with Gasteiger partial charge in [0.2, 0.25) is 5.95 Å². The smallest absolute Gasteiger partial charge is 0.254 e. The molecule has 2 aromatic heterocycles. The van der Waals surface area contributed by atoms with Crippen LogP contribution in [0.1, 0.15) is 158 Å². The van der Waals surface area contributed by atoms with Crippen LogP contribution in [0.15, 0.2) is 24.4 Å². The average molecular weight is 597 g/mol. The molecule has 1 unspecified atom stereocenters. The molecular formula is C38H55F3N2. The Morgan fingerprint density at radius 3 is 1.77 bits per heavy atom. The first-order valence-electron chi connectivity index (χ1n) is 18.0. The van der Waals surface area contributed by atoms with Crippen molar-refractivity contribution in [2.75, 3.05) is 0 Å². The standard InChI is InChI=1S/C38H55F3N2/c39-37-36-32(24-25-33(38(36,40)41)18-14-10-6-2-4-8-12-16-30-21-22-30)27-35(43-37)34-26-23-31(28-42-34)17-13-9-5-1-3-7-11-15-29-19-20-29/h23,26-30,33H,1-22,24-25H2. The fourth-order valence-electron chi connectivity index (χ4n) is 7.17. The summed E-state index contributed by atoms with van der Waals surface area (Å²) in [5, 5.41) is 0. The number of aromatic nitrogens is 2. The molecule has 3 aliphatic rings. The molecule has 2 saturated carbocycles. The Balaban J connectivity index is 1.02. The van der Waals surface area contributed by atoms with Gasteiger partial charge in [-0.05, 0) is 67.2 Å². The summed E-state index contributed by atoms with van der Waals surface area (Å²) in [4.78, 5) is 8.53. The number of fused-ring (bicyclic) bond motifs is 1. The minimum absolute atomic E-state index is 0.357. The molecule has 0 aromatic carbocycles. The van der Waals surface area contributed by atoms with Gasteiger partial charge in [0.15, 0.2) is 0 Å². The zero-order valence-corrected chi connectivity index (χ0v) is 26.5. The number of aryl methyl sites for hydroxylation is 2. The molecule has 2 aromatic rings. The average Bonchev–Trinajstić information content (AvgIpc) is 3.93. The van der Waals surface area contributed by atoms with E-state index in [9.17, 15) is 0 Å². The molecule has 3 aliphatic carbocycles. The van der Waals surface area contributed by atoms with Crippen molar-refractivity contribution in [3.63, 3.8) is 0 Å². The van der Waals surface area contributed by atoms with E-state index < -0.39 is 23.4 Å². The van der Waals surface area contributed by atoms with Gasteiger partial charge in [-0.25, -0.2) is 13.8 Å². The zero-order valence-electron chi connectivity index (χ0n) is 26.5. The Bertz CT molecular complexity index is 1110. The van der Waals surface area contributed by atoms with Crippen LogP contribution < -0.4 is 0 Å². The van der Waals surface area contributed by atoms with E-state index in [4.69, 9.17) is 0 Å². The van der Waals surface area contributed by atoms with E-state index in [1.807, 2.05) is 18.3 Å². The van der Waals surface area contributed by atoms with Crippen LogP contribution in [-0.4, -0.2) is 9.97 Å². The van der Waals surface area contributed by atoms with Gasteiger partial charge in [0.1, 0.15) is 0 Å². The normalized spacial score (nSPS) is 19.5. The van der Waals surface area contributed by atoms with Crippen LogP contribution >= 0.6 is 0 Å². The highest BCUT2D eigenvalue weighted by molar-refractivity contribution is 5.57. The van der Waals surface area contributed by atoms with Gasteiger partial charge in [-0.3, -0.25) is 4.98 Å².